The fraction of sp³-hybridized carbons (Fsp3) is 0.800. The van der Waals surface area contributed by atoms with Crippen LogP contribution in [-0.4, -0.2) is 41.0 Å². The van der Waals surface area contributed by atoms with Gasteiger partial charge in [-0.2, -0.15) is 11.8 Å². The highest BCUT2D eigenvalue weighted by Gasteiger charge is 2.45. The van der Waals surface area contributed by atoms with Gasteiger partial charge in [-0.05, 0) is 6.26 Å². The number of thioether (sulfide) groups is 1. The molecule has 92 valence electrons. The lowest BCUT2D eigenvalue weighted by Crippen LogP contribution is -2.29. The van der Waals surface area contributed by atoms with Gasteiger partial charge in [0.05, 0.1) is 10.6 Å². The van der Waals surface area contributed by atoms with Crippen molar-refractivity contribution in [3.63, 3.8) is 0 Å². The molecule has 0 aromatic carbocycles. The second-order valence-corrected chi connectivity index (χ2v) is 5.20. The fourth-order valence-corrected chi connectivity index (χ4v) is 3.38. The van der Waals surface area contributed by atoms with E-state index >= 15 is 0 Å². The third-order valence-corrected chi connectivity index (χ3v) is 4.25. The maximum absolute atomic E-state index is 10.9. The van der Waals surface area contributed by atoms with Gasteiger partial charge in [-0.1, -0.05) is 0 Å². The lowest BCUT2D eigenvalue weighted by molar-refractivity contribution is -0.148. The molecule has 0 saturated heterocycles. The Morgan fingerprint density at radius 2 is 1.69 bits per heavy atom. The van der Waals surface area contributed by atoms with Gasteiger partial charge in [-0.15, -0.1) is 11.6 Å². The molecule has 0 aromatic heterocycles. The second-order valence-electron chi connectivity index (χ2n) is 3.68. The first-order chi connectivity index (χ1) is 7.45. The Labute approximate surface area is 104 Å². The maximum Gasteiger partial charge on any atom is 0.302 e. The number of ether oxygens (including phenoxy) is 2. The molecule has 6 heteroatoms. The molecule has 0 bridgehead atoms. The Balaban J connectivity index is 2.66. The molecule has 16 heavy (non-hydrogen) atoms. The average molecular weight is 267 g/mol. The molecule has 4 nitrogen and oxygen atoms in total. The monoisotopic (exact) mass is 266 g/mol. The molecule has 0 unspecified atom stereocenters. The van der Waals surface area contributed by atoms with Crippen molar-refractivity contribution in [3.05, 3.63) is 0 Å². The van der Waals surface area contributed by atoms with Crippen molar-refractivity contribution in [1.82, 2.24) is 0 Å². The summed E-state index contributed by atoms with van der Waals surface area (Å²) in [7, 11) is 0. The number of alkyl halides is 1. The van der Waals surface area contributed by atoms with Crippen LogP contribution < -0.4 is 0 Å². The third kappa shape index (κ3) is 3.28. The first-order valence-electron chi connectivity index (χ1n) is 4.97. The van der Waals surface area contributed by atoms with Crippen LogP contribution in [0.25, 0.3) is 0 Å². The van der Waals surface area contributed by atoms with Crippen molar-refractivity contribution in [2.45, 2.75) is 43.1 Å². The average Bonchev–Trinajstić information content (AvgIpc) is 2.41. The van der Waals surface area contributed by atoms with Crippen molar-refractivity contribution in [1.29, 1.82) is 0 Å². The van der Waals surface area contributed by atoms with E-state index in [-0.39, 0.29) is 34.8 Å². The smallest absolute Gasteiger partial charge is 0.302 e. The standard InChI is InChI=1S/C10H15ClO4S/c1-5(12)14-7-4-8(15-6(2)13)10(16-3)9(7)11/h7-10H,4H2,1-3H3/t7-,8+,9-,10-/m1/s1. The summed E-state index contributed by atoms with van der Waals surface area (Å²) >= 11 is 7.70. The van der Waals surface area contributed by atoms with Crippen LogP contribution in [0.2, 0.25) is 0 Å². The third-order valence-electron chi connectivity index (χ3n) is 2.41. The predicted molar refractivity (Wildman–Crippen MR) is 62.7 cm³/mol. The summed E-state index contributed by atoms with van der Waals surface area (Å²) < 4.78 is 10.3. The van der Waals surface area contributed by atoms with E-state index in [0.717, 1.165) is 0 Å². The van der Waals surface area contributed by atoms with E-state index in [9.17, 15) is 9.59 Å². The zero-order chi connectivity index (χ0) is 12.3. The summed E-state index contributed by atoms with van der Waals surface area (Å²) in [5, 5.41) is -0.349. The Morgan fingerprint density at radius 3 is 2.12 bits per heavy atom. The number of hydrogen-bond donors (Lipinski definition) is 0. The number of halogens is 1. The lowest BCUT2D eigenvalue weighted by Gasteiger charge is -2.19. The van der Waals surface area contributed by atoms with Crippen LogP contribution in [0.5, 0.6) is 0 Å². The van der Waals surface area contributed by atoms with Gasteiger partial charge in [0.15, 0.2) is 0 Å². The maximum atomic E-state index is 10.9. The van der Waals surface area contributed by atoms with Crippen molar-refractivity contribution >= 4 is 35.3 Å². The van der Waals surface area contributed by atoms with Gasteiger partial charge in [-0.3, -0.25) is 9.59 Å². The summed E-state index contributed by atoms with van der Waals surface area (Å²) in [6.45, 7) is 2.71. The molecule has 4 atom stereocenters. The lowest BCUT2D eigenvalue weighted by atomic mass is 10.3. The molecule has 0 aromatic rings. The summed E-state index contributed by atoms with van der Waals surface area (Å²) in [5.41, 5.74) is 0. The quantitative estimate of drug-likeness (QED) is 0.574. The molecule has 0 aliphatic heterocycles. The van der Waals surface area contributed by atoms with Crippen LogP contribution in [-0.2, 0) is 19.1 Å². The van der Waals surface area contributed by atoms with Gasteiger partial charge >= 0.3 is 11.9 Å². The Bertz CT molecular complexity index is 284. The van der Waals surface area contributed by atoms with Crippen molar-refractivity contribution in [2.24, 2.45) is 0 Å². The number of carbonyl (C=O) groups excluding carboxylic acids is 2. The number of hydrogen-bond acceptors (Lipinski definition) is 5. The van der Waals surface area contributed by atoms with Crippen LogP contribution in [0.15, 0.2) is 0 Å². The summed E-state index contributed by atoms with van der Waals surface area (Å²) in [6.07, 6.45) is 1.71. The van der Waals surface area contributed by atoms with Crippen molar-refractivity contribution in [3.8, 4) is 0 Å². The van der Waals surface area contributed by atoms with E-state index in [1.54, 1.807) is 0 Å². The zero-order valence-corrected chi connectivity index (χ0v) is 11.0. The Morgan fingerprint density at radius 1 is 1.19 bits per heavy atom. The molecule has 1 aliphatic carbocycles. The minimum absolute atomic E-state index is 0.0325. The van der Waals surface area contributed by atoms with Gasteiger partial charge < -0.3 is 9.47 Å². The van der Waals surface area contributed by atoms with Crippen LogP contribution in [0.3, 0.4) is 0 Å². The normalized spacial score (nSPS) is 33.5. The molecule has 0 spiro atoms. The Kier molecular flexibility index (Phi) is 4.92. The summed E-state index contributed by atoms with van der Waals surface area (Å²) in [6, 6.07) is 0. The highest BCUT2D eigenvalue weighted by atomic mass is 35.5. The molecule has 1 aliphatic rings. The summed E-state index contributed by atoms with van der Waals surface area (Å²) in [5.74, 6) is -0.699. The van der Waals surface area contributed by atoms with Crippen LogP contribution in [0, 0.1) is 0 Å². The molecule has 0 N–H and O–H groups in total. The van der Waals surface area contributed by atoms with E-state index in [2.05, 4.69) is 0 Å². The highest BCUT2D eigenvalue weighted by molar-refractivity contribution is 7.99. The van der Waals surface area contributed by atoms with Gasteiger partial charge in [-0.25, -0.2) is 0 Å². The van der Waals surface area contributed by atoms with E-state index in [4.69, 9.17) is 21.1 Å². The molecule has 0 amide bonds. The highest BCUT2D eigenvalue weighted by Crippen LogP contribution is 2.36. The fourth-order valence-electron chi connectivity index (χ4n) is 1.85. The molecule has 1 rings (SSSR count). The molecular formula is C10H15ClO4S. The zero-order valence-electron chi connectivity index (χ0n) is 9.44. The molecule has 0 radical (unpaired) electrons. The SMILES string of the molecule is CS[C@H]1[C@H](Cl)[C@H](OC(C)=O)C[C@@H]1OC(C)=O. The topological polar surface area (TPSA) is 52.6 Å². The first kappa shape index (κ1) is 13.6. The number of rotatable bonds is 3. The van der Waals surface area contributed by atoms with Gasteiger partial charge in [0.1, 0.15) is 12.2 Å². The molecule has 1 fully saturated rings. The molecular weight excluding hydrogens is 252 g/mol. The number of carbonyl (C=O) groups is 2. The van der Waals surface area contributed by atoms with Gasteiger partial charge in [0, 0.05) is 20.3 Å². The Hall–Kier alpha value is -0.420. The van der Waals surface area contributed by atoms with E-state index in [1.807, 2.05) is 6.26 Å². The van der Waals surface area contributed by atoms with Crippen LogP contribution in [0.4, 0.5) is 0 Å². The van der Waals surface area contributed by atoms with Crippen LogP contribution in [0.1, 0.15) is 20.3 Å². The minimum atomic E-state index is -0.374. The molecule has 0 heterocycles. The van der Waals surface area contributed by atoms with Gasteiger partial charge in [0.25, 0.3) is 0 Å². The first-order valence-corrected chi connectivity index (χ1v) is 6.69. The van der Waals surface area contributed by atoms with Crippen LogP contribution >= 0.6 is 23.4 Å². The van der Waals surface area contributed by atoms with E-state index < -0.39 is 0 Å². The van der Waals surface area contributed by atoms with Crippen molar-refractivity contribution < 1.29 is 19.1 Å². The van der Waals surface area contributed by atoms with E-state index in [0.29, 0.717) is 6.42 Å². The molecule has 1 saturated carbocycles. The second kappa shape index (κ2) is 5.77. The largest absolute Gasteiger partial charge is 0.461 e. The van der Waals surface area contributed by atoms with E-state index in [1.165, 1.54) is 25.6 Å². The van der Waals surface area contributed by atoms with Gasteiger partial charge in [0.2, 0.25) is 0 Å². The summed E-state index contributed by atoms with van der Waals surface area (Å²) in [4.78, 5) is 21.8. The predicted octanol–water partition coefficient (Wildman–Crippen LogP) is 1.59. The van der Waals surface area contributed by atoms with Crippen molar-refractivity contribution in [2.75, 3.05) is 6.26 Å². The minimum Gasteiger partial charge on any atom is -0.461 e. The number of esters is 2.